The Hall–Kier alpha value is -0.520. The highest BCUT2D eigenvalue weighted by Crippen LogP contribution is 2.34. The zero-order valence-corrected chi connectivity index (χ0v) is 12.9. The van der Waals surface area contributed by atoms with Crippen molar-refractivity contribution in [3.8, 4) is 0 Å². The van der Waals surface area contributed by atoms with E-state index in [4.69, 9.17) is 0 Å². The summed E-state index contributed by atoms with van der Waals surface area (Å²) in [6.07, 6.45) is 1.04. The fourth-order valence-corrected chi connectivity index (χ4v) is 3.20. The third-order valence-corrected chi connectivity index (χ3v) is 4.46. The molecule has 0 fully saturated rings. The van der Waals surface area contributed by atoms with Crippen LogP contribution in [0, 0.1) is 5.41 Å². The number of halogens is 4. The van der Waals surface area contributed by atoms with Gasteiger partial charge in [0.05, 0.1) is 0 Å². The Morgan fingerprint density at radius 1 is 1.21 bits per heavy atom. The fraction of sp³-hybridized carbons (Fsp3) is 0.769. The highest BCUT2D eigenvalue weighted by Gasteiger charge is 2.34. The molecule has 1 aromatic heterocycles. The molecule has 0 aromatic carbocycles. The Bertz CT molecular complexity index is 381. The lowest BCUT2D eigenvalue weighted by atomic mass is 9.81. The third kappa shape index (κ3) is 4.51. The normalized spacial score (nSPS) is 12.9. The van der Waals surface area contributed by atoms with Gasteiger partial charge < -0.3 is 0 Å². The summed E-state index contributed by atoms with van der Waals surface area (Å²) in [7, 11) is 0. The first-order valence-electron chi connectivity index (χ1n) is 6.53. The molecule has 0 aliphatic heterocycles. The van der Waals surface area contributed by atoms with Crippen LogP contribution < -0.4 is 0 Å². The SMILES string of the molecule is CCCC(CBr)(CCC)Cn1ccc(C(F)(F)F)n1. The molecule has 0 radical (unpaired) electrons. The maximum Gasteiger partial charge on any atom is 0.435 e. The molecule has 0 unspecified atom stereocenters. The largest absolute Gasteiger partial charge is 0.435 e. The smallest absolute Gasteiger partial charge is 0.272 e. The van der Waals surface area contributed by atoms with Gasteiger partial charge in [-0.15, -0.1) is 0 Å². The van der Waals surface area contributed by atoms with Crippen LogP contribution >= 0.6 is 15.9 Å². The van der Waals surface area contributed by atoms with Gasteiger partial charge >= 0.3 is 6.18 Å². The molecule has 6 heteroatoms. The summed E-state index contributed by atoms with van der Waals surface area (Å²) in [5, 5.41) is 4.43. The van der Waals surface area contributed by atoms with Crippen LogP contribution in [-0.4, -0.2) is 15.1 Å². The Morgan fingerprint density at radius 2 is 1.79 bits per heavy atom. The van der Waals surface area contributed by atoms with Gasteiger partial charge in [0.1, 0.15) is 0 Å². The second kappa shape index (κ2) is 6.77. The lowest BCUT2D eigenvalue weighted by Crippen LogP contribution is -2.29. The second-order valence-electron chi connectivity index (χ2n) is 5.03. The van der Waals surface area contributed by atoms with E-state index in [0.29, 0.717) is 6.54 Å². The van der Waals surface area contributed by atoms with Gasteiger partial charge in [0.25, 0.3) is 0 Å². The second-order valence-corrected chi connectivity index (χ2v) is 5.59. The van der Waals surface area contributed by atoms with Crippen LogP contribution in [0.4, 0.5) is 13.2 Å². The molecule has 2 nitrogen and oxygen atoms in total. The molecule has 0 amide bonds. The van der Waals surface area contributed by atoms with E-state index < -0.39 is 11.9 Å². The van der Waals surface area contributed by atoms with E-state index in [1.165, 1.54) is 10.9 Å². The van der Waals surface area contributed by atoms with Gasteiger partial charge in [0.15, 0.2) is 5.69 Å². The van der Waals surface area contributed by atoms with E-state index >= 15 is 0 Å². The maximum absolute atomic E-state index is 12.5. The van der Waals surface area contributed by atoms with Gasteiger partial charge in [0, 0.05) is 18.1 Å². The number of nitrogens with zero attached hydrogens (tertiary/aromatic N) is 2. The topological polar surface area (TPSA) is 17.8 Å². The average molecular weight is 341 g/mol. The van der Waals surface area contributed by atoms with E-state index in [1.807, 2.05) is 0 Å². The Labute approximate surface area is 120 Å². The zero-order valence-electron chi connectivity index (χ0n) is 11.3. The van der Waals surface area contributed by atoms with E-state index in [2.05, 4.69) is 34.9 Å². The van der Waals surface area contributed by atoms with E-state index in [0.717, 1.165) is 37.1 Å². The summed E-state index contributed by atoms with van der Waals surface area (Å²) in [6.45, 7) is 4.71. The molecule has 0 spiro atoms. The van der Waals surface area contributed by atoms with E-state index in [1.54, 1.807) is 0 Å². The van der Waals surface area contributed by atoms with Crippen LogP contribution in [0.25, 0.3) is 0 Å². The number of aromatic nitrogens is 2. The Morgan fingerprint density at radius 3 is 2.16 bits per heavy atom. The lowest BCUT2D eigenvalue weighted by Gasteiger charge is -2.31. The van der Waals surface area contributed by atoms with Crippen molar-refractivity contribution in [2.45, 2.75) is 52.3 Å². The van der Waals surface area contributed by atoms with Gasteiger partial charge in [-0.25, -0.2) is 0 Å². The number of rotatable bonds is 7. The van der Waals surface area contributed by atoms with Crippen molar-refractivity contribution in [1.82, 2.24) is 9.78 Å². The number of hydrogen-bond acceptors (Lipinski definition) is 1. The van der Waals surface area contributed by atoms with Gasteiger partial charge in [-0.3, -0.25) is 4.68 Å². The van der Waals surface area contributed by atoms with Crippen molar-refractivity contribution in [2.24, 2.45) is 5.41 Å². The molecule has 19 heavy (non-hydrogen) atoms. The minimum Gasteiger partial charge on any atom is -0.272 e. The van der Waals surface area contributed by atoms with Crippen molar-refractivity contribution in [1.29, 1.82) is 0 Å². The molecule has 0 bridgehead atoms. The molecule has 0 atom stereocenters. The van der Waals surface area contributed by atoms with Gasteiger partial charge in [0.2, 0.25) is 0 Å². The van der Waals surface area contributed by atoms with Gasteiger partial charge in [-0.2, -0.15) is 18.3 Å². The Balaban J connectivity index is 2.87. The Kier molecular flexibility index (Phi) is 5.89. The monoisotopic (exact) mass is 340 g/mol. The number of hydrogen-bond donors (Lipinski definition) is 0. The van der Waals surface area contributed by atoms with Gasteiger partial charge in [-0.1, -0.05) is 42.6 Å². The highest BCUT2D eigenvalue weighted by molar-refractivity contribution is 9.09. The van der Waals surface area contributed by atoms with Crippen molar-refractivity contribution < 1.29 is 13.2 Å². The summed E-state index contributed by atoms with van der Waals surface area (Å²) in [5.41, 5.74) is -0.831. The predicted octanol–water partition coefficient (Wildman–Crippen LogP) is 4.88. The molecule has 0 saturated carbocycles. The molecule has 1 rings (SSSR count). The summed E-state index contributed by atoms with van der Waals surface area (Å²) in [5.74, 6) is 0. The molecule has 110 valence electrons. The predicted molar refractivity (Wildman–Crippen MR) is 73.3 cm³/mol. The minimum atomic E-state index is -4.36. The number of alkyl halides is 4. The maximum atomic E-state index is 12.5. The highest BCUT2D eigenvalue weighted by atomic mass is 79.9. The molecule has 0 saturated heterocycles. The lowest BCUT2D eigenvalue weighted by molar-refractivity contribution is -0.141. The standard InChI is InChI=1S/C13H20BrF3N2/c1-3-6-12(9-14,7-4-2)10-19-8-5-11(18-19)13(15,16)17/h5,8H,3-4,6-7,9-10H2,1-2H3. The van der Waals surface area contributed by atoms with Crippen molar-refractivity contribution in [3.05, 3.63) is 18.0 Å². The molecular weight excluding hydrogens is 321 g/mol. The molecule has 0 aliphatic carbocycles. The summed E-state index contributed by atoms with van der Waals surface area (Å²) in [6, 6.07) is 1.04. The molecule has 1 aromatic rings. The van der Waals surface area contributed by atoms with Gasteiger partial charge in [-0.05, 0) is 24.3 Å². The summed E-state index contributed by atoms with van der Waals surface area (Å²) < 4.78 is 39.0. The van der Waals surface area contributed by atoms with Crippen molar-refractivity contribution >= 4 is 15.9 Å². The third-order valence-electron chi connectivity index (χ3n) is 3.27. The zero-order chi connectivity index (χ0) is 14.5. The van der Waals surface area contributed by atoms with Crippen LogP contribution in [-0.2, 0) is 12.7 Å². The van der Waals surface area contributed by atoms with Crippen LogP contribution in [0.2, 0.25) is 0 Å². The quantitative estimate of drug-likeness (QED) is 0.646. The van der Waals surface area contributed by atoms with Crippen LogP contribution in [0.15, 0.2) is 12.3 Å². The van der Waals surface area contributed by atoms with Crippen LogP contribution in [0.3, 0.4) is 0 Å². The molecule has 0 aliphatic rings. The van der Waals surface area contributed by atoms with Crippen molar-refractivity contribution in [3.63, 3.8) is 0 Å². The fourth-order valence-electron chi connectivity index (χ4n) is 2.46. The first-order chi connectivity index (χ1) is 8.87. The molecular formula is C13H20BrF3N2. The minimum absolute atomic E-state index is 0.0155. The first kappa shape index (κ1) is 16.5. The summed E-state index contributed by atoms with van der Waals surface area (Å²) in [4.78, 5) is 0. The van der Waals surface area contributed by atoms with Crippen LogP contribution in [0.5, 0.6) is 0 Å². The van der Waals surface area contributed by atoms with E-state index in [9.17, 15) is 13.2 Å². The first-order valence-corrected chi connectivity index (χ1v) is 7.65. The molecule has 0 N–H and O–H groups in total. The van der Waals surface area contributed by atoms with Crippen molar-refractivity contribution in [2.75, 3.05) is 5.33 Å². The summed E-state index contributed by atoms with van der Waals surface area (Å²) >= 11 is 3.52. The average Bonchev–Trinajstić information content (AvgIpc) is 2.77. The van der Waals surface area contributed by atoms with Crippen LogP contribution in [0.1, 0.15) is 45.2 Å². The van der Waals surface area contributed by atoms with E-state index in [-0.39, 0.29) is 5.41 Å². The molecule has 1 heterocycles.